The first kappa shape index (κ1) is 40.4. The van der Waals surface area contributed by atoms with E-state index in [4.69, 9.17) is 36.5 Å². The van der Waals surface area contributed by atoms with Crippen LogP contribution in [0.4, 0.5) is 5.69 Å². The van der Waals surface area contributed by atoms with Crippen LogP contribution in [0.25, 0.3) is 128 Å². The lowest BCUT2D eigenvalue weighted by molar-refractivity contribution is 0.953. The van der Waals surface area contributed by atoms with E-state index < -0.39 is 0 Å². The molecule has 0 amide bonds. The van der Waals surface area contributed by atoms with Crippen LogP contribution in [0.3, 0.4) is 0 Å². The van der Waals surface area contributed by atoms with Gasteiger partial charge in [0.2, 0.25) is 5.95 Å². The quantitative estimate of drug-likeness (QED) is 0.141. The maximum Gasteiger partial charge on any atom is 0.238 e. The van der Waals surface area contributed by atoms with Crippen molar-refractivity contribution in [3.8, 4) is 79.7 Å². The fraction of sp³-hybridized carbons (Fsp3) is 0. The van der Waals surface area contributed by atoms with Crippen LogP contribution in [0, 0.1) is 6.57 Å². The molecule has 0 unspecified atom stereocenters. The van der Waals surface area contributed by atoms with Gasteiger partial charge in [-0.05, 0) is 53.6 Å². The van der Waals surface area contributed by atoms with Gasteiger partial charge in [0.1, 0.15) is 0 Å². The third kappa shape index (κ3) is 6.95. The summed E-state index contributed by atoms with van der Waals surface area (Å²) in [4.78, 5) is 34.4. The molecule has 4 aromatic heterocycles. The van der Waals surface area contributed by atoms with Gasteiger partial charge in [-0.2, -0.15) is 9.97 Å². The van der Waals surface area contributed by atoms with E-state index in [9.17, 15) is 0 Å². The van der Waals surface area contributed by atoms with E-state index in [1.165, 1.54) is 0 Å². The van der Waals surface area contributed by atoms with Crippen molar-refractivity contribution in [2.24, 2.45) is 0 Å². The molecule has 0 radical (unpaired) electrons. The maximum atomic E-state index is 7.46. The lowest BCUT2D eigenvalue weighted by atomic mass is 10.0. The Kier molecular flexibility index (Phi) is 9.66. The van der Waals surface area contributed by atoms with Crippen molar-refractivity contribution >= 4 is 49.3 Å². The van der Waals surface area contributed by atoms with Crippen molar-refractivity contribution in [3.05, 3.63) is 236 Å². The number of hydrogen-bond acceptors (Lipinski definition) is 6. The zero-order valence-corrected chi connectivity index (χ0v) is 37.4. The summed E-state index contributed by atoms with van der Waals surface area (Å²) in [6, 6.07) is 76.2. The number of aromatic nitrogens is 8. The van der Waals surface area contributed by atoms with Crippen LogP contribution in [0.15, 0.2) is 224 Å². The summed E-state index contributed by atoms with van der Waals surface area (Å²) in [7, 11) is 0. The van der Waals surface area contributed by atoms with E-state index in [0.717, 1.165) is 88.2 Å². The summed E-state index contributed by atoms with van der Waals surface area (Å²) in [6.45, 7) is 7.46. The minimum atomic E-state index is 0.517. The number of hydrogen-bond donors (Lipinski definition) is 0. The average Bonchev–Trinajstić information content (AvgIpc) is 3.97. The Labute approximate surface area is 402 Å². The smallest absolute Gasteiger partial charge is 0.238 e. The van der Waals surface area contributed by atoms with Gasteiger partial charge in [0.05, 0.1) is 28.6 Å². The molecule has 0 fully saturated rings. The molecule has 13 aromatic rings. The fourth-order valence-corrected chi connectivity index (χ4v) is 9.55. The topological polar surface area (TPSA) is 91.6 Å². The third-order valence-corrected chi connectivity index (χ3v) is 12.9. The van der Waals surface area contributed by atoms with Gasteiger partial charge in [-0.25, -0.2) is 24.8 Å². The predicted molar refractivity (Wildman–Crippen MR) is 281 cm³/mol. The lowest BCUT2D eigenvalue weighted by Crippen LogP contribution is -2.07. The molecule has 9 aromatic carbocycles. The van der Waals surface area contributed by atoms with E-state index in [1.807, 2.05) is 78.9 Å². The van der Waals surface area contributed by atoms with Crippen molar-refractivity contribution in [1.82, 2.24) is 39.0 Å². The van der Waals surface area contributed by atoms with E-state index >= 15 is 0 Å². The Balaban J connectivity index is 1.03. The van der Waals surface area contributed by atoms with Gasteiger partial charge in [0, 0.05) is 55.0 Å². The first-order chi connectivity index (χ1) is 34.6. The van der Waals surface area contributed by atoms with Crippen LogP contribution in [-0.4, -0.2) is 39.0 Å². The zero-order valence-electron chi connectivity index (χ0n) is 37.4. The zero-order chi connectivity index (χ0) is 46.5. The predicted octanol–water partition coefficient (Wildman–Crippen LogP) is 14.8. The molecule has 13 rings (SSSR count). The van der Waals surface area contributed by atoms with Gasteiger partial charge in [-0.1, -0.05) is 182 Å². The number of para-hydroxylation sites is 2. The Bertz CT molecular complexity index is 4160. The molecule has 9 nitrogen and oxygen atoms in total. The molecule has 0 aliphatic rings. The second-order valence-corrected chi connectivity index (χ2v) is 17.0. The van der Waals surface area contributed by atoms with Crippen molar-refractivity contribution in [2.75, 3.05) is 0 Å². The summed E-state index contributed by atoms with van der Waals surface area (Å²) >= 11 is 0. The highest BCUT2D eigenvalue weighted by atomic mass is 15.2. The van der Waals surface area contributed by atoms with Crippen LogP contribution in [0.5, 0.6) is 0 Å². The SMILES string of the molecule is [C-]#[N+]c1ccc(-c2nc(-c3ccccc3)nc(-c3ccc(-n4c5ccccc5c5ccc6c7ccccc7n(-c7nc(-c8ccccc8)nc(-c8cccc(-c9ccccc9)c8)n7)c6c54)cc3)n2)cc1. The van der Waals surface area contributed by atoms with Gasteiger partial charge in [0.25, 0.3) is 0 Å². The molecule has 0 bridgehead atoms. The van der Waals surface area contributed by atoms with Crippen LogP contribution in [-0.2, 0) is 0 Å². The van der Waals surface area contributed by atoms with Crippen molar-refractivity contribution < 1.29 is 0 Å². The molecule has 0 N–H and O–H groups in total. The number of rotatable bonds is 8. The van der Waals surface area contributed by atoms with Gasteiger partial charge in [-0.3, -0.25) is 4.57 Å². The number of fused-ring (bicyclic) bond motifs is 7. The van der Waals surface area contributed by atoms with Crippen LogP contribution >= 0.6 is 0 Å². The maximum absolute atomic E-state index is 7.46. The molecule has 0 saturated carbocycles. The molecule has 0 aliphatic heterocycles. The van der Waals surface area contributed by atoms with Gasteiger partial charge >= 0.3 is 0 Å². The Morgan fingerprint density at radius 3 is 1.24 bits per heavy atom. The Hall–Kier alpha value is -9.91. The molecule has 326 valence electrons. The molecule has 0 aliphatic carbocycles. The first-order valence-corrected chi connectivity index (χ1v) is 23.0. The number of benzene rings is 9. The highest BCUT2D eigenvalue weighted by Crippen LogP contribution is 2.42. The Morgan fingerprint density at radius 1 is 0.300 bits per heavy atom. The first-order valence-electron chi connectivity index (χ1n) is 23.0. The molecule has 0 atom stereocenters. The minimum absolute atomic E-state index is 0.517. The van der Waals surface area contributed by atoms with E-state index in [2.05, 4.69) is 147 Å². The summed E-state index contributed by atoms with van der Waals surface area (Å²) in [5, 5.41) is 4.39. The van der Waals surface area contributed by atoms with E-state index in [-0.39, 0.29) is 0 Å². The van der Waals surface area contributed by atoms with Gasteiger partial charge in [-0.15, -0.1) is 0 Å². The standard InChI is InChI=1S/C61H37N9/c1-62-46-32-28-42(29-33-46)57-63-56(40-18-7-3-8-19-40)64-58(65-57)43-30-34-47(35-31-43)69-52-26-13-11-24-48(52)50-36-37-51-49-25-12-14-27-53(49)70(55(51)54(50)69)61-67-59(41-20-9-4-10-21-41)66-60(68-61)45-23-15-22-44(38-45)39-16-5-2-6-17-39/h2-38H. The molecule has 0 spiro atoms. The molecule has 70 heavy (non-hydrogen) atoms. The van der Waals surface area contributed by atoms with Gasteiger partial charge < -0.3 is 4.57 Å². The molecule has 0 saturated heterocycles. The summed E-state index contributed by atoms with van der Waals surface area (Å²) in [6.07, 6.45) is 0. The van der Waals surface area contributed by atoms with E-state index in [1.54, 1.807) is 12.1 Å². The summed E-state index contributed by atoms with van der Waals surface area (Å²) < 4.78 is 4.57. The van der Waals surface area contributed by atoms with Crippen LogP contribution < -0.4 is 0 Å². The highest BCUT2D eigenvalue weighted by molar-refractivity contribution is 6.23. The van der Waals surface area contributed by atoms with Crippen molar-refractivity contribution in [3.63, 3.8) is 0 Å². The van der Waals surface area contributed by atoms with Crippen molar-refractivity contribution in [1.29, 1.82) is 0 Å². The number of nitrogens with zero attached hydrogens (tertiary/aromatic N) is 9. The summed E-state index contributed by atoms with van der Waals surface area (Å²) in [5.41, 5.74) is 12.1. The largest absolute Gasteiger partial charge is 0.307 e. The normalized spacial score (nSPS) is 11.4. The Morgan fingerprint density at radius 2 is 0.700 bits per heavy atom. The van der Waals surface area contributed by atoms with Crippen LogP contribution in [0.1, 0.15) is 0 Å². The minimum Gasteiger partial charge on any atom is -0.307 e. The second kappa shape index (κ2) is 16.8. The molecular weight excluding hydrogens is 859 g/mol. The average molecular weight is 896 g/mol. The molecule has 9 heteroatoms. The monoisotopic (exact) mass is 895 g/mol. The molecule has 4 heterocycles. The van der Waals surface area contributed by atoms with Gasteiger partial charge in [0.15, 0.2) is 34.8 Å². The van der Waals surface area contributed by atoms with E-state index in [0.29, 0.717) is 40.8 Å². The molecular formula is C61H37N9. The van der Waals surface area contributed by atoms with Crippen LogP contribution in [0.2, 0.25) is 0 Å². The second-order valence-electron chi connectivity index (χ2n) is 17.0. The lowest BCUT2D eigenvalue weighted by Gasteiger charge is -2.14. The highest BCUT2D eigenvalue weighted by Gasteiger charge is 2.24. The fourth-order valence-electron chi connectivity index (χ4n) is 9.55. The van der Waals surface area contributed by atoms with Crippen molar-refractivity contribution in [2.45, 2.75) is 0 Å². The summed E-state index contributed by atoms with van der Waals surface area (Å²) in [5.74, 6) is 3.32. The third-order valence-electron chi connectivity index (χ3n) is 12.9.